The first-order valence-electron chi connectivity index (χ1n) is 6.37. The average Bonchev–Trinajstić information content (AvgIpc) is 2.36. The Morgan fingerprint density at radius 3 is 2.35 bits per heavy atom. The third-order valence-corrected chi connectivity index (χ3v) is 4.82. The molecule has 0 bridgehead atoms. The highest BCUT2D eigenvalue weighted by Gasteiger charge is 2.23. The van der Waals surface area contributed by atoms with E-state index in [0.717, 1.165) is 12.1 Å². The van der Waals surface area contributed by atoms with Gasteiger partial charge in [-0.15, -0.1) is 0 Å². The van der Waals surface area contributed by atoms with Gasteiger partial charge in [0.1, 0.15) is 10.7 Å². The first-order chi connectivity index (χ1) is 9.20. The summed E-state index contributed by atoms with van der Waals surface area (Å²) in [6, 6.07) is 1.82. The summed E-state index contributed by atoms with van der Waals surface area (Å²) in [7, 11) is -4.02. The maximum atomic E-state index is 14.0. The van der Waals surface area contributed by atoms with E-state index in [1.165, 1.54) is 0 Å². The molecule has 0 aliphatic heterocycles. The Morgan fingerprint density at radius 2 is 1.85 bits per heavy atom. The molecule has 0 heterocycles. The van der Waals surface area contributed by atoms with Gasteiger partial charge in [0.25, 0.3) is 0 Å². The molecule has 114 valence electrons. The van der Waals surface area contributed by atoms with Crippen molar-refractivity contribution in [3.05, 3.63) is 29.3 Å². The van der Waals surface area contributed by atoms with E-state index in [0.29, 0.717) is 0 Å². The molecule has 0 radical (unpaired) electrons. The molecule has 0 spiro atoms. The molecule has 0 fully saturated rings. The van der Waals surface area contributed by atoms with Crippen molar-refractivity contribution in [2.45, 2.75) is 32.2 Å². The Balaban J connectivity index is 3.05. The van der Waals surface area contributed by atoms with Crippen LogP contribution in [0.2, 0.25) is 0 Å². The number of halogens is 2. The third kappa shape index (κ3) is 3.74. The first kappa shape index (κ1) is 17.0. The zero-order valence-electron chi connectivity index (χ0n) is 11.8. The molecule has 0 saturated carbocycles. The zero-order chi connectivity index (χ0) is 15.5. The van der Waals surface area contributed by atoms with Crippen molar-refractivity contribution in [1.82, 2.24) is 4.72 Å². The molecule has 0 saturated heterocycles. The van der Waals surface area contributed by atoms with E-state index in [9.17, 15) is 17.2 Å². The predicted octanol–water partition coefficient (Wildman–Crippen LogP) is 1.99. The molecule has 7 heteroatoms. The summed E-state index contributed by atoms with van der Waals surface area (Å²) in [6.07, 6.45) is 0. The van der Waals surface area contributed by atoms with E-state index in [4.69, 9.17) is 5.73 Å². The largest absolute Gasteiger partial charge is 0.326 e. The zero-order valence-corrected chi connectivity index (χ0v) is 12.6. The van der Waals surface area contributed by atoms with Gasteiger partial charge in [-0.05, 0) is 24.0 Å². The lowest BCUT2D eigenvalue weighted by molar-refractivity contribution is 0.414. The van der Waals surface area contributed by atoms with Gasteiger partial charge in [-0.3, -0.25) is 0 Å². The van der Waals surface area contributed by atoms with Gasteiger partial charge in [-0.25, -0.2) is 21.9 Å². The summed E-state index contributed by atoms with van der Waals surface area (Å²) in [4.78, 5) is -0.574. The Bertz CT molecular complexity index is 574. The van der Waals surface area contributed by atoms with Crippen LogP contribution in [0.1, 0.15) is 26.3 Å². The number of benzene rings is 1. The van der Waals surface area contributed by atoms with Crippen molar-refractivity contribution in [2.24, 2.45) is 17.6 Å². The second-order valence-electron chi connectivity index (χ2n) is 5.12. The van der Waals surface area contributed by atoms with E-state index < -0.39 is 38.7 Å². The second kappa shape index (κ2) is 6.60. The number of hydrogen-bond donors (Lipinski definition) is 2. The van der Waals surface area contributed by atoms with Crippen LogP contribution < -0.4 is 10.5 Å². The average molecular weight is 306 g/mol. The summed E-state index contributed by atoms with van der Waals surface area (Å²) in [6.45, 7) is 5.60. The molecular weight excluding hydrogens is 286 g/mol. The molecule has 20 heavy (non-hydrogen) atoms. The van der Waals surface area contributed by atoms with Crippen LogP contribution in [0.5, 0.6) is 0 Å². The van der Waals surface area contributed by atoms with Crippen molar-refractivity contribution in [1.29, 1.82) is 0 Å². The van der Waals surface area contributed by atoms with Crippen LogP contribution in [0.3, 0.4) is 0 Å². The highest BCUT2D eigenvalue weighted by Crippen LogP contribution is 2.21. The van der Waals surface area contributed by atoms with Crippen molar-refractivity contribution in [3.63, 3.8) is 0 Å². The van der Waals surface area contributed by atoms with E-state index >= 15 is 0 Å². The number of nitrogens with two attached hydrogens (primary N) is 1. The van der Waals surface area contributed by atoms with Crippen LogP contribution in [-0.4, -0.2) is 15.0 Å². The minimum absolute atomic E-state index is 0.0993. The van der Waals surface area contributed by atoms with Crippen molar-refractivity contribution < 1.29 is 17.2 Å². The lowest BCUT2D eigenvalue weighted by Gasteiger charge is -2.17. The van der Waals surface area contributed by atoms with Crippen molar-refractivity contribution in [2.75, 3.05) is 6.54 Å². The molecule has 1 atom stereocenters. The molecular formula is C13H20F2N2O2S. The quantitative estimate of drug-likeness (QED) is 0.844. The number of hydrogen-bond acceptors (Lipinski definition) is 3. The van der Waals surface area contributed by atoms with Crippen LogP contribution in [0, 0.1) is 23.5 Å². The van der Waals surface area contributed by atoms with Gasteiger partial charge >= 0.3 is 0 Å². The van der Waals surface area contributed by atoms with E-state index in [1.54, 1.807) is 0 Å². The van der Waals surface area contributed by atoms with E-state index in [-0.39, 0.29) is 18.4 Å². The minimum Gasteiger partial charge on any atom is -0.326 e. The Kier molecular flexibility index (Phi) is 5.61. The molecule has 0 aliphatic carbocycles. The summed E-state index contributed by atoms with van der Waals surface area (Å²) in [5.41, 5.74) is 4.80. The first-order valence-corrected chi connectivity index (χ1v) is 7.85. The summed E-state index contributed by atoms with van der Waals surface area (Å²) >= 11 is 0. The maximum Gasteiger partial charge on any atom is 0.243 e. The molecule has 0 aromatic heterocycles. The fourth-order valence-electron chi connectivity index (χ4n) is 1.53. The molecule has 4 nitrogen and oxygen atoms in total. The van der Waals surface area contributed by atoms with Crippen LogP contribution in [0.4, 0.5) is 8.78 Å². The number of nitrogens with one attached hydrogen (secondary N) is 1. The van der Waals surface area contributed by atoms with Gasteiger partial charge in [-0.1, -0.05) is 20.8 Å². The maximum absolute atomic E-state index is 14.0. The van der Waals surface area contributed by atoms with Gasteiger partial charge < -0.3 is 5.73 Å². The Labute approximate surface area is 118 Å². The standard InChI is InChI=1S/C13H20F2N2O2S/c1-8(2)9(3)7-17-20(18,19)12-5-4-11(14)10(6-16)13(12)15/h4-5,8-9,17H,6-7,16H2,1-3H3. The third-order valence-electron chi connectivity index (χ3n) is 3.38. The molecule has 1 aromatic carbocycles. The van der Waals surface area contributed by atoms with E-state index in [2.05, 4.69) is 4.72 Å². The van der Waals surface area contributed by atoms with Gasteiger partial charge in [-0.2, -0.15) is 0 Å². The topological polar surface area (TPSA) is 72.2 Å². The van der Waals surface area contributed by atoms with Crippen molar-refractivity contribution in [3.8, 4) is 0 Å². The normalized spacial score (nSPS) is 13.8. The van der Waals surface area contributed by atoms with Crippen LogP contribution >= 0.6 is 0 Å². The molecule has 1 unspecified atom stereocenters. The summed E-state index contributed by atoms with van der Waals surface area (Å²) in [5.74, 6) is -1.59. The number of sulfonamides is 1. The molecule has 0 amide bonds. The Hall–Kier alpha value is -1.05. The molecule has 0 aliphatic rings. The minimum atomic E-state index is -4.02. The van der Waals surface area contributed by atoms with Crippen LogP contribution in [0.15, 0.2) is 17.0 Å². The fraction of sp³-hybridized carbons (Fsp3) is 0.538. The monoisotopic (exact) mass is 306 g/mol. The highest BCUT2D eigenvalue weighted by atomic mass is 32.2. The van der Waals surface area contributed by atoms with Gasteiger partial charge in [0, 0.05) is 18.7 Å². The fourth-order valence-corrected chi connectivity index (χ4v) is 2.77. The van der Waals surface area contributed by atoms with Crippen LogP contribution in [0.25, 0.3) is 0 Å². The van der Waals surface area contributed by atoms with Gasteiger partial charge in [0.15, 0.2) is 5.82 Å². The van der Waals surface area contributed by atoms with Crippen molar-refractivity contribution >= 4 is 10.0 Å². The lowest BCUT2D eigenvalue weighted by Crippen LogP contribution is -2.31. The summed E-state index contributed by atoms with van der Waals surface area (Å²) in [5, 5.41) is 0. The predicted molar refractivity (Wildman–Crippen MR) is 73.4 cm³/mol. The molecule has 1 aromatic rings. The number of rotatable bonds is 6. The second-order valence-corrected chi connectivity index (χ2v) is 6.85. The summed E-state index contributed by atoms with van der Waals surface area (Å²) < 4.78 is 53.7. The Morgan fingerprint density at radius 1 is 1.25 bits per heavy atom. The molecule has 3 N–H and O–H groups in total. The highest BCUT2D eigenvalue weighted by molar-refractivity contribution is 7.89. The SMILES string of the molecule is CC(C)C(C)CNS(=O)(=O)c1ccc(F)c(CN)c1F. The van der Waals surface area contributed by atoms with E-state index in [1.807, 2.05) is 20.8 Å². The van der Waals surface area contributed by atoms with Gasteiger partial charge in [0.05, 0.1) is 0 Å². The smallest absolute Gasteiger partial charge is 0.243 e. The van der Waals surface area contributed by atoms with Gasteiger partial charge in [0.2, 0.25) is 10.0 Å². The van der Waals surface area contributed by atoms with Crippen LogP contribution in [-0.2, 0) is 16.6 Å². The molecule has 1 rings (SSSR count). The lowest BCUT2D eigenvalue weighted by atomic mass is 9.99.